The molecule has 1 aliphatic carbocycles. The summed E-state index contributed by atoms with van der Waals surface area (Å²) in [4.78, 5) is 16.4. The molecule has 0 unspecified atom stereocenters. The Labute approximate surface area is 200 Å². The smallest absolute Gasteiger partial charge is 0.261 e. The molecular formula is C25H19ClFN3O3S. The molecule has 0 aliphatic heterocycles. The van der Waals surface area contributed by atoms with E-state index in [1.54, 1.807) is 12.1 Å². The highest BCUT2D eigenvalue weighted by Crippen LogP contribution is 2.49. The number of benzene rings is 3. The number of nitrogens with zero attached hydrogens (tertiary/aromatic N) is 1. The number of pyridine rings is 1. The third kappa shape index (κ3) is 4.47. The Morgan fingerprint density at radius 2 is 1.79 bits per heavy atom. The van der Waals surface area contributed by atoms with Crippen LogP contribution in [0.5, 0.6) is 0 Å². The molecule has 172 valence electrons. The molecule has 0 bridgehead atoms. The zero-order valence-corrected chi connectivity index (χ0v) is 19.3. The minimum atomic E-state index is -3.96. The summed E-state index contributed by atoms with van der Waals surface area (Å²) in [6.45, 7) is 0. The Balaban J connectivity index is 1.29. The number of amides is 1. The first-order valence-electron chi connectivity index (χ1n) is 10.5. The summed E-state index contributed by atoms with van der Waals surface area (Å²) in [7, 11) is -3.96. The van der Waals surface area contributed by atoms with Crippen LogP contribution in [0.2, 0.25) is 5.02 Å². The van der Waals surface area contributed by atoms with Crippen LogP contribution < -0.4 is 10.0 Å². The van der Waals surface area contributed by atoms with Crippen molar-refractivity contribution in [2.45, 2.75) is 17.2 Å². The van der Waals surface area contributed by atoms with Crippen LogP contribution in [0.1, 0.15) is 17.9 Å². The molecule has 1 aromatic heterocycles. The number of anilines is 2. The van der Waals surface area contributed by atoms with Gasteiger partial charge in [-0.05, 0) is 65.8 Å². The molecule has 6 nitrogen and oxygen atoms in total. The van der Waals surface area contributed by atoms with Gasteiger partial charge in [0.05, 0.1) is 10.6 Å². The molecule has 4 aromatic rings. The predicted molar refractivity (Wildman–Crippen MR) is 130 cm³/mol. The highest BCUT2D eigenvalue weighted by molar-refractivity contribution is 7.92. The van der Waals surface area contributed by atoms with E-state index in [0.717, 1.165) is 16.8 Å². The van der Waals surface area contributed by atoms with Gasteiger partial charge in [0.25, 0.3) is 10.0 Å². The van der Waals surface area contributed by atoms with E-state index in [-0.39, 0.29) is 16.7 Å². The van der Waals surface area contributed by atoms with Crippen LogP contribution >= 0.6 is 11.6 Å². The second kappa shape index (κ2) is 8.70. The second-order valence-corrected chi connectivity index (χ2v) is 10.2. The molecule has 9 heteroatoms. The first kappa shape index (κ1) is 22.3. The molecule has 3 aromatic carbocycles. The van der Waals surface area contributed by atoms with Crippen molar-refractivity contribution in [3.8, 4) is 0 Å². The van der Waals surface area contributed by atoms with Gasteiger partial charge in [0.1, 0.15) is 5.82 Å². The van der Waals surface area contributed by atoms with Gasteiger partial charge >= 0.3 is 0 Å². The van der Waals surface area contributed by atoms with Crippen molar-refractivity contribution in [2.75, 3.05) is 10.0 Å². The average Bonchev–Trinajstić information content (AvgIpc) is 3.61. The Hall–Kier alpha value is -3.49. The zero-order valence-electron chi connectivity index (χ0n) is 17.7. The Morgan fingerprint density at radius 3 is 2.56 bits per heavy atom. The minimum absolute atomic E-state index is 0.194. The fraction of sp³-hybridized carbons (Fsp3) is 0.120. The highest BCUT2D eigenvalue weighted by atomic mass is 35.5. The molecule has 2 N–H and O–H groups in total. The maximum absolute atomic E-state index is 14.8. The van der Waals surface area contributed by atoms with Crippen LogP contribution in [0.15, 0.2) is 84.0 Å². The molecule has 0 spiro atoms. The number of carbonyl (C=O) groups is 1. The quantitative estimate of drug-likeness (QED) is 0.366. The molecule has 1 amide bonds. The van der Waals surface area contributed by atoms with Crippen molar-refractivity contribution in [1.29, 1.82) is 0 Å². The lowest BCUT2D eigenvalue weighted by atomic mass is 10.1. The van der Waals surface area contributed by atoms with E-state index >= 15 is 0 Å². The molecule has 5 rings (SSSR count). The van der Waals surface area contributed by atoms with Crippen LogP contribution in [0.3, 0.4) is 0 Å². The number of halogens is 2. The molecule has 2 atom stereocenters. The van der Waals surface area contributed by atoms with Gasteiger partial charge in [0.2, 0.25) is 5.91 Å². The van der Waals surface area contributed by atoms with Crippen molar-refractivity contribution in [3.05, 3.63) is 95.5 Å². The van der Waals surface area contributed by atoms with Crippen LogP contribution in [-0.4, -0.2) is 19.3 Å². The molecule has 34 heavy (non-hydrogen) atoms. The third-order valence-corrected chi connectivity index (χ3v) is 7.55. The van der Waals surface area contributed by atoms with E-state index in [4.69, 9.17) is 11.6 Å². The number of sulfonamides is 1. The van der Waals surface area contributed by atoms with Gasteiger partial charge < -0.3 is 5.32 Å². The van der Waals surface area contributed by atoms with Gasteiger partial charge in [-0.1, -0.05) is 35.9 Å². The summed E-state index contributed by atoms with van der Waals surface area (Å²) in [6.07, 6.45) is 3.39. The van der Waals surface area contributed by atoms with Crippen molar-refractivity contribution in [3.63, 3.8) is 0 Å². The van der Waals surface area contributed by atoms with Gasteiger partial charge in [0.15, 0.2) is 0 Å². The lowest BCUT2D eigenvalue weighted by Crippen LogP contribution is -2.15. The standard InChI is InChI=1S/C25H19ClFN3O3S/c26-23-3-1-2-15-4-5-17(12-20(15)23)29-25(31)22-14-21(22)19-7-6-18(13-24(19)27)34(32,33)30-16-8-10-28-11-9-16/h1-13,21-22H,14H2,(H,28,30)(H,29,31)/t21-,22+/m0/s1. The number of carbonyl (C=O) groups excluding carboxylic acids is 1. The number of aromatic nitrogens is 1. The normalized spacial score (nSPS) is 17.4. The summed E-state index contributed by atoms with van der Waals surface area (Å²) >= 11 is 6.25. The zero-order chi connectivity index (χ0) is 23.9. The fourth-order valence-corrected chi connectivity index (χ4v) is 5.29. The lowest BCUT2D eigenvalue weighted by molar-refractivity contribution is -0.117. The average molecular weight is 496 g/mol. The van der Waals surface area contributed by atoms with Crippen LogP contribution in [0.4, 0.5) is 15.8 Å². The maximum atomic E-state index is 14.8. The van der Waals surface area contributed by atoms with E-state index in [0.29, 0.717) is 28.4 Å². The Morgan fingerprint density at radius 1 is 1.00 bits per heavy atom. The number of hydrogen-bond donors (Lipinski definition) is 2. The van der Waals surface area contributed by atoms with Crippen molar-refractivity contribution < 1.29 is 17.6 Å². The summed E-state index contributed by atoms with van der Waals surface area (Å²) in [5.41, 5.74) is 1.26. The summed E-state index contributed by atoms with van der Waals surface area (Å²) in [6, 6.07) is 17.8. The predicted octanol–water partition coefficient (Wildman–Crippen LogP) is 5.57. The van der Waals surface area contributed by atoms with Gasteiger partial charge in [-0.2, -0.15) is 0 Å². The van der Waals surface area contributed by atoms with E-state index in [9.17, 15) is 17.6 Å². The van der Waals surface area contributed by atoms with E-state index < -0.39 is 21.8 Å². The van der Waals surface area contributed by atoms with E-state index in [1.807, 2.05) is 24.3 Å². The molecule has 0 saturated heterocycles. The fourth-order valence-electron chi connectivity index (χ4n) is 3.99. The first-order valence-corrected chi connectivity index (χ1v) is 12.4. The number of nitrogens with one attached hydrogen (secondary N) is 2. The van der Waals surface area contributed by atoms with Gasteiger partial charge in [0, 0.05) is 34.4 Å². The van der Waals surface area contributed by atoms with E-state index in [1.165, 1.54) is 36.7 Å². The van der Waals surface area contributed by atoms with Gasteiger partial charge in [-0.25, -0.2) is 12.8 Å². The number of rotatable bonds is 6. The molecule has 1 heterocycles. The Bertz CT molecular complexity index is 1510. The number of hydrogen-bond acceptors (Lipinski definition) is 4. The van der Waals surface area contributed by atoms with Crippen LogP contribution in [-0.2, 0) is 14.8 Å². The number of fused-ring (bicyclic) bond motifs is 1. The van der Waals surface area contributed by atoms with Crippen LogP contribution in [0, 0.1) is 11.7 Å². The van der Waals surface area contributed by atoms with Gasteiger partial charge in [-0.15, -0.1) is 0 Å². The lowest BCUT2D eigenvalue weighted by Gasteiger charge is -2.10. The summed E-state index contributed by atoms with van der Waals surface area (Å²) < 4.78 is 42.4. The first-order chi connectivity index (χ1) is 16.3. The van der Waals surface area contributed by atoms with Crippen molar-refractivity contribution in [2.24, 2.45) is 5.92 Å². The summed E-state index contributed by atoms with van der Waals surface area (Å²) in [5.74, 6) is -1.58. The van der Waals surface area contributed by atoms with Gasteiger partial charge in [-0.3, -0.25) is 14.5 Å². The highest BCUT2D eigenvalue weighted by Gasteiger charge is 2.45. The Kier molecular flexibility index (Phi) is 5.71. The second-order valence-electron chi connectivity index (χ2n) is 8.14. The molecule has 1 aliphatic rings. The summed E-state index contributed by atoms with van der Waals surface area (Å²) in [5, 5.41) is 5.26. The largest absolute Gasteiger partial charge is 0.326 e. The molecule has 0 radical (unpaired) electrons. The van der Waals surface area contributed by atoms with Crippen molar-refractivity contribution >= 4 is 49.7 Å². The topological polar surface area (TPSA) is 88.2 Å². The molecular weight excluding hydrogens is 477 g/mol. The molecule has 1 saturated carbocycles. The third-order valence-electron chi connectivity index (χ3n) is 5.84. The van der Waals surface area contributed by atoms with E-state index in [2.05, 4.69) is 15.0 Å². The van der Waals surface area contributed by atoms with Crippen LogP contribution in [0.25, 0.3) is 10.8 Å². The maximum Gasteiger partial charge on any atom is 0.261 e. The minimum Gasteiger partial charge on any atom is -0.326 e. The van der Waals surface area contributed by atoms with Crippen molar-refractivity contribution in [1.82, 2.24) is 4.98 Å². The molecule has 1 fully saturated rings. The SMILES string of the molecule is O=C(Nc1ccc2cccc(Cl)c2c1)[C@@H]1C[C@H]1c1ccc(S(=O)(=O)Nc2ccncc2)cc1F. The monoisotopic (exact) mass is 495 g/mol.